The van der Waals surface area contributed by atoms with Gasteiger partial charge in [-0.1, -0.05) is 12.1 Å². The van der Waals surface area contributed by atoms with Gasteiger partial charge in [-0.3, -0.25) is 4.79 Å². The molecule has 1 fully saturated rings. The maximum absolute atomic E-state index is 12.8. The molecule has 4 rings (SSSR count). The number of para-hydroxylation sites is 2. The van der Waals surface area contributed by atoms with Gasteiger partial charge in [0, 0.05) is 13.1 Å². The molecule has 3 aromatic rings. The Morgan fingerprint density at radius 2 is 2.00 bits per heavy atom. The molecule has 1 aliphatic rings. The SMILES string of the molecule is COc1ccccc1NC(=O)C1CCCN(c2ccc(-n3cncn3)nn2)C1. The van der Waals surface area contributed by atoms with Gasteiger partial charge in [-0.25, -0.2) is 9.67 Å². The molecule has 3 heterocycles. The van der Waals surface area contributed by atoms with Crippen LogP contribution in [0.15, 0.2) is 49.1 Å². The second kappa shape index (κ2) is 8.03. The van der Waals surface area contributed by atoms with Crippen LogP contribution in [-0.4, -0.2) is 51.1 Å². The number of carbonyl (C=O) groups excluding carboxylic acids is 1. The summed E-state index contributed by atoms with van der Waals surface area (Å²) in [6.07, 6.45) is 4.77. The van der Waals surface area contributed by atoms with Crippen molar-refractivity contribution in [2.24, 2.45) is 5.92 Å². The highest BCUT2D eigenvalue weighted by molar-refractivity contribution is 5.94. The van der Waals surface area contributed by atoms with E-state index in [1.54, 1.807) is 18.1 Å². The monoisotopic (exact) mass is 379 g/mol. The van der Waals surface area contributed by atoms with E-state index in [0.29, 0.717) is 23.8 Å². The van der Waals surface area contributed by atoms with Crippen LogP contribution in [0.1, 0.15) is 12.8 Å². The predicted molar refractivity (Wildman–Crippen MR) is 104 cm³/mol. The fourth-order valence-corrected chi connectivity index (χ4v) is 3.32. The molecular formula is C19H21N7O2. The van der Waals surface area contributed by atoms with Gasteiger partial charge >= 0.3 is 0 Å². The van der Waals surface area contributed by atoms with Crippen LogP contribution in [0.3, 0.4) is 0 Å². The molecule has 0 saturated carbocycles. The number of nitrogens with zero attached hydrogens (tertiary/aromatic N) is 6. The molecule has 9 heteroatoms. The molecule has 1 unspecified atom stereocenters. The van der Waals surface area contributed by atoms with Crippen molar-refractivity contribution in [1.82, 2.24) is 25.0 Å². The lowest BCUT2D eigenvalue weighted by Gasteiger charge is -2.32. The normalized spacial score (nSPS) is 16.6. The number of carbonyl (C=O) groups is 1. The number of amides is 1. The lowest BCUT2D eigenvalue weighted by molar-refractivity contribution is -0.120. The van der Waals surface area contributed by atoms with E-state index in [9.17, 15) is 4.79 Å². The van der Waals surface area contributed by atoms with Crippen LogP contribution < -0.4 is 15.0 Å². The van der Waals surface area contributed by atoms with Crippen LogP contribution in [0.4, 0.5) is 11.5 Å². The summed E-state index contributed by atoms with van der Waals surface area (Å²) in [6.45, 7) is 1.44. The highest BCUT2D eigenvalue weighted by Crippen LogP contribution is 2.26. The average Bonchev–Trinajstić information content (AvgIpc) is 3.29. The first kappa shape index (κ1) is 17.9. The summed E-state index contributed by atoms with van der Waals surface area (Å²) in [5, 5.41) is 15.5. The number of hydrogen-bond acceptors (Lipinski definition) is 7. The van der Waals surface area contributed by atoms with Crippen LogP contribution in [0.5, 0.6) is 5.75 Å². The van der Waals surface area contributed by atoms with E-state index < -0.39 is 0 Å². The zero-order chi connectivity index (χ0) is 19.3. The molecule has 0 radical (unpaired) electrons. The summed E-state index contributed by atoms with van der Waals surface area (Å²) in [4.78, 5) is 18.8. The summed E-state index contributed by atoms with van der Waals surface area (Å²) in [7, 11) is 1.59. The number of nitrogens with one attached hydrogen (secondary N) is 1. The third kappa shape index (κ3) is 3.78. The minimum atomic E-state index is -0.129. The highest BCUT2D eigenvalue weighted by atomic mass is 16.5. The topological polar surface area (TPSA) is 98.1 Å². The van der Waals surface area contributed by atoms with Gasteiger partial charge in [-0.2, -0.15) is 5.10 Å². The minimum absolute atomic E-state index is 0.0126. The number of ether oxygens (including phenoxy) is 1. The first-order valence-corrected chi connectivity index (χ1v) is 9.12. The molecule has 144 valence electrons. The van der Waals surface area contributed by atoms with E-state index in [-0.39, 0.29) is 11.8 Å². The Hall–Kier alpha value is -3.49. The van der Waals surface area contributed by atoms with Crippen molar-refractivity contribution in [3.8, 4) is 11.6 Å². The van der Waals surface area contributed by atoms with Gasteiger partial charge in [0.2, 0.25) is 5.91 Å². The molecule has 9 nitrogen and oxygen atoms in total. The number of methoxy groups -OCH3 is 1. The molecule has 2 aromatic heterocycles. The van der Waals surface area contributed by atoms with E-state index >= 15 is 0 Å². The number of hydrogen-bond donors (Lipinski definition) is 1. The smallest absolute Gasteiger partial charge is 0.229 e. The molecule has 1 amide bonds. The molecule has 0 spiro atoms. The van der Waals surface area contributed by atoms with Crippen LogP contribution in [0.2, 0.25) is 0 Å². The molecule has 1 saturated heterocycles. The first-order chi connectivity index (χ1) is 13.7. The quantitative estimate of drug-likeness (QED) is 0.723. The molecular weight excluding hydrogens is 358 g/mol. The molecule has 1 aliphatic heterocycles. The summed E-state index contributed by atoms with van der Waals surface area (Å²) in [5.74, 6) is 1.86. The fraction of sp³-hybridized carbons (Fsp3) is 0.316. The van der Waals surface area contributed by atoms with E-state index in [1.807, 2.05) is 36.4 Å². The molecule has 0 aliphatic carbocycles. The Morgan fingerprint density at radius 1 is 1.18 bits per heavy atom. The van der Waals surface area contributed by atoms with Gasteiger partial charge in [-0.05, 0) is 37.1 Å². The highest BCUT2D eigenvalue weighted by Gasteiger charge is 2.27. The third-order valence-electron chi connectivity index (χ3n) is 4.77. The fourth-order valence-electron chi connectivity index (χ4n) is 3.32. The second-order valence-electron chi connectivity index (χ2n) is 6.56. The summed E-state index contributed by atoms with van der Waals surface area (Å²) < 4.78 is 6.86. The van der Waals surface area contributed by atoms with Gasteiger partial charge in [-0.15, -0.1) is 10.2 Å². The van der Waals surface area contributed by atoms with Crippen molar-refractivity contribution in [2.75, 3.05) is 30.4 Å². The second-order valence-corrected chi connectivity index (χ2v) is 6.56. The number of aromatic nitrogens is 5. The minimum Gasteiger partial charge on any atom is -0.495 e. The third-order valence-corrected chi connectivity index (χ3v) is 4.77. The van der Waals surface area contributed by atoms with E-state index in [2.05, 4.69) is 30.5 Å². The Labute approximate surface area is 162 Å². The lowest BCUT2D eigenvalue weighted by Crippen LogP contribution is -2.41. The van der Waals surface area contributed by atoms with Crippen LogP contribution in [-0.2, 0) is 4.79 Å². The summed E-state index contributed by atoms with van der Waals surface area (Å²) in [6, 6.07) is 11.1. The van der Waals surface area contributed by atoms with Gasteiger partial charge in [0.15, 0.2) is 11.6 Å². The number of rotatable bonds is 5. The maximum atomic E-state index is 12.8. The number of benzene rings is 1. The van der Waals surface area contributed by atoms with Gasteiger partial charge in [0.1, 0.15) is 18.4 Å². The van der Waals surface area contributed by atoms with E-state index in [0.717, 1.165) is 25.2 Å². The van der Waals surface area contributed by atoms with Gasteiger partial charge < -0.3 is 15.0 Å². The maximum Gasteiger partial charge on any atom is 0.229 e. The zero-order valence-corrected chi connectivity index (χ0v) is 15.5. The Kier molecular flexibility index (Phi) is 5.14. The Morgan fingerprint density at radius 3 is 2.75 bits per heavy atom. The van der Waals surface area contributed by atoms with Crippen molar-refractivity contribution in [1.29, 1.82) is 0 Å². The molecule has 1 N–H and O–H groups in total. The van der Waals surface area contributed by atoms with Crippen molar-refractivity contribution in [3.63, 3.8) is 0 Å². The van der Waals surface area contributed by atoms with Crippen molar-refractivity contribution < 1.29 is 9.53 Å². The lowest BCUT2D eigenvalue weighted by atomic mass is 9.97. The van der Waals surface area contributed by atoms with Crippen LogP contribution in [0, 0.1) is 5.92 Å². The molecule has 1 atom stereocenters. The van der Waals surface area contributed by atoms with E-state index in [1.165, 1.54) is 6.33 Å². The van der Waals surface area contributed by atoms with Gasteiger partial charge in [0.05, 0.1) is 18.7 Å². The predicted octanol–water partition coefficient (Wildman–Crippen LogP) is 1.92. The first-order valence-electron chi connectivity index (χ1n) is 9.12. The largest absolute Gasteiger partial charge is 0.495 e. The number of anilines is 2. The Bertz CT molecular complexity index is 928. The average molecular weight is 379 g/mol. The Balaban J connectivity index is 1.43. The van der Waals surface area contributed by atoms with Gasteiger partial charge in [0.25, 0.3) is 0 Å². The summed E-state index contributed by atoms with van der Waals surface area (Å²) in [5.41, 5.74) is 0.684. The van der Waals surface area contributed by atoms with Crippen LogP contribution >= 0.6 is 0 Å². The van der Waals surface area contributed by atoms with Crippen LogP contribution in [0.25, 0.3) is 5.82 Å². The molecule has 28 heavy (non-hydrogen) atoms. The van der Waals surface area contributed by atoms with Crippen molar-refractivity contribution >= 4 is 17.4 Å². The molecule has 0 bridgehead atoms. The van der Waals surface area contributed by atoms with E-state index in [4.69, 9.17) is 4.74 Å². The molecule has 1 aromatic carbocycles. The van der Waals surface area contributed by atoms with Crippen molar-refractivity contribution in [3.05, 3.63) is 49.1 Å². The standard InChI is InChI=1S/C19H21N7O2/c1-28-16-7-3-2-6-15(16)22-19(27)14-5-4-10-25(11-14)17-8-9-18(24-23-17)26-13-20-12-21-26/h2-3,6-9,12-14H,4-5,10-11H2,1H3,(H,22,27). The summed E-state index contributed by atoms with van der Waals surface area (Å²) >= 11 is 0. The zero-order valence-electron chi connectivity index (χ0n) is 15.5. The number of piperidine rings is 1. The van der Waals surface area contributed by atoms with Crippen molar-refractivity contribution in [2.45, 2.75) is 12.8 Å².